The molecule has 1 aromatic rings. The lowest BCUT2D eigenvalue weighted by atomic mass is 9.89. The Bertz CT molecular complexity index is 525. The highest BCUT2D eigenvalue weighted by atomic mass is 19.2. The van der Waals surface area contributed by atoms with Crippen molar-refractivity contribution in [3.05, 3.63) is 29.6 Å². The Kier molecular flexibility index (Phi) is 4.17. The van der Waals surface area contributed by atoms with Crippen molar-refractivity contribution in [2.75, 3.05) is 6.54 Å². The Morgan fingerprint density at radius 3 is 2.57 bits per heavy atom. The third-order valence-electron chi connectivity index (χ3n) is 4.51. The van der Waals surface area contributed by atoms with Crippen molar-refractivity contribution >= 4 is 5.91 Å². The van der Waals surface area contributed by atoms with Crippen LogP contribution in [0.1, 0.15) is 55.3 Å². The maximum atomic E-state index is 13.8. The van der Waals surface area contributed by atoms with E-state index in [0.717, 1.165) is 31.9 Å². The summed E-state index contributed by atoms with van der Waals surface area (Å²) < 4.78 is 27.0. The first kappa shape index (κ1) is 14.4. The molecule has 3 nitrogen and oxygen atoms in total. The van der Waals surface area contributed by atoms with Gasteiger partial charge in [0.1, 0.15) is 0 Å². The topological polar surface area (TPSA) is 33.2 Å². The summed E-state index contributed by atoms with van der Waals surface area (Å²) in [5.41, 5.74) is -0.190. The number of pyridine rings is 1. The Balaban J connectivity index is 1.76. The monoisotopic (exact) mass is 294 g/mol. The number of hydrogen-bond donors (Lipinski definition) is 0. The third-order valence-corrected chi connectivity index (χ3v) is 4.51. The molecule has 1 heterocycles. The molecule has 2 aliphatic carbocycles. The van der Waals surface area contributed by atoms with Crippen LogP contribution in [0.4, 0.5) is 8.78 Å². The van der Waals surface area contributed by atoms with Crippen molar-refractivity contribution in [1.82, 2.24) is 9.88 Å². The molecule has 0 radical (unpaired) electrons. The number of amides is 1. The molecule has 3 rings (SSSR count). The first-order valence-electron chi connectivity index (χ1n) is 7.78. The van der Waals surface area contributed by atoms with E-state index >= 15 is 0 Å². The highest BCUT2D eigenvalue weighted by molar-refractivity contribution is 5.94. The molecule has 0 aromatic carbocycles. The summed E-state index contributed by atoms with van der Waals surface area (Å²) >= 11 is 0. The predicted octanol–water partition coefficient (Wildman–Crippen LogP) is 3.54. The van der Waals surface area contributed by atoms with E-state index in [1.54, 1.807) is 4.90 Å². The van der Waals surface area contributed by atoms with Crippen LogP contribution in [0.5, 0.6) is 0 Å². The molecule has 0 unspecified atom stereocenters. The average molecular weight is 294 g/mol. The smallest absolute Gasteiger partial charge is 0.257 e. The summed E-state index contributed by atoms with van der Waals surface area (Å²) in [4.78, 5) is 17.6. The van der Waals surface area contributed by atoms with Gasteiger partial charge in [-0.05, 0) is 37.7 Å². The second-order valence-electron chi connectivity index (χ2n) is 6.16. The predicted molar refractivity (Wildman–Crippen MR) is 74.8 cm³/mol. The van der Waals surface area contributed by atoms with E-state index in [1.165, 1.54) is 25.3 Å². The van der Waals surface area contributed by atoms with Crippen LogP contribution in [0.2, 0.25) is 0 Å². The highest BCUT2D eigenvalue weighted by Crippen LogP contribution is 2.32. The van der Waals surface area contributed by atoms with Gasteiger partial charge in [-0.25, -0.2) is 9.37 Å². The van der Waals surface area contributed by atoms with Gasteiger partial charge in [-0.2, -0.15) is 4.39 Å². The molecule has 0 spiro atoms. The summed E-state index contributed by atoms with van der Waals surface area (Å²) in [6, 6.07) is 1.48. The standard InChI is InChI=1S/C16H20F2N2O/c17-14-13(8-9-19-15(14)18)16(21)20(12-6-7-12)10-11-4-2-1-3-5-11/h8-9,11-12H,1-7,10H2. The number of aromatic nitrogens is 1. The fourth-order valence-corrected chi connectivity index (χ4v) is 3.17. The molecule has 0 saturated heterocycles. The Hall–Kier alpha value is -1.52. The quantitative estimate of drug-likeness (QED) is 0.796. The molecule has 0 aliphatic heterocycles. The van der Waals surface area contributed by atoms with Gasteiger partial charge in [-0.15, -0.1) is 0 Å². The van der Waals surface area contributed by atoms with Crippen LogP contribution in [0, 0.1) is 17.7 Å². The molecule has 2 saturated carbocycles. The lowest BCUT2D eigenvalue weighted by molar-refractivity contribution is 0.0692. The Labute approximate surface area is 123 Å². The summed E-state index contributed by atoms with van der Waals surface area (Å²) in [7, 11) is 0. The van der Waals surface area contributed by atoms with Crippen LogP contribution in [-0.2, 0) is 0 Å². The molecule has 0 atom stereocenters. The van der Waals surface area contributed by atoms with E-state index in [9.17, 15) is 13.6 Å². The maximum Gasteiger partial charge on any atom is 0.257 e. The fourth-order valence-electron chi connectivity index (χ4n) is 3.17. The van der Waals surface area contributed by atoms with Crippen molar-refractivity contribution in [1.29, 1.82) is 0 Å². The van der Waals surface area contributed by atoms with Gasteiger partial charge in [0.25, 0.3) is 5.91 Å². The minimum absolute atomic E-state index is 0.190. The van der Waals surface area contributed by atoms with Crippen molar-refractivity contribution in [3.8, 4) is 0 Å². The van der Waals surface area contributed by atoms with Gasteiger partial charge in [0.15, 0.2) is 5.82 Å². The van der Waals surface area contributed by atoms with Gasteiger partial charge in [-0.3, -0.25) is 4.79 Å². The van der Waals surface area contributed by atoms with E-state index in [2.05, 4.69) is 4.98 Å². The molecule has 0 N–H and O–H groups in total. The van der Waals surface area contributed by atoms with Gasteiger partial charge in [0.2, 0.25) is 5.95 Å². The summed E-state index contributed by atoms with van der Waals surface area (Å²) in [5, 5.41) is 0. The summed E-state index contributed by atoms with van der Waals surface area (Å²) in [5.74, 6) is -2.22. The highest BCUT2D eigenvalue weighted by Gasteiger charge is 2.36. The number of nitrogens with zero attached hydrogens (tertiary/aromatic N) is 2. The molecule has 1 amide bonds. The van der Waals surface area contributed by atoms with E-state index in [-0.39, 0.29) is 17.5 Å². The number of halogens is 2. The van der Waals surface area contributed by atoms with E-state index in [1.807, 2.05) is 0 Å². The van der Waals surface area contributed by atoms with Crippen LogP contribution >= 0.6 is 0 Å². The van der Waals surface area contributed by atoms with Gasteiger partial charge < -0.3 is 4.90 Å². The van der Waals surface area contributed by atoms with Gasteiger partial charge in [0.05, 0.1) is 5.56 Å². The van der Waals surface area contributed by atoms with Crippen LogP contribution in [0.25, 0.3) is 0 Å². The van der Waals surface area contributed by atoms with E-state index < -0.39 is 11.8 Å². The van der Waals surface area contributed by atoms with Crippen molar-refractivity contribution in [2.45, 2.75) is 51.0 Å². The molecule has 21 heavy (non-hydrogen) atoms. The minimum Gasteiger partial charge on any atom is -0.335 e. The van der Waals surface area contributed by atoms with Crippen LogP contribution in [-0.4, -0.2) is 28.4 Å². The largest absolute Gasteiger partial charge is 0.335 e. The van der Waals surface area contributed by atoms with Crippen molar-refractivity contribution in [3.63, 3.8) is 0 Å². The summed E-state index contributed by atoms with van der Waals surface area (Å²) in [6.07, 6.45) is 9.01. The van der Waals surface area contributed by atoms with E-state index in [0.29, 0.717) is 12.5 Å². The first-order chi connectivity index (χ1) is 10.2. The van der Waals surface area contributed by atoms with Crippen LogP contribution < -0.4 is 0 Å². The number of carbonyl (C=O) groups excluding carboxylic acids is 1. The molecular formula is C16H20F2N2O. The third kappa shape index (κ3) is 3.22. The van der Waals surface area contributed by atoms with Crippen LogP contribution in [0.3, 0.4) is 0 Å². The summed E-state index contributed by atoms with van der Waals surface area (Å²) in [6.45, 7) is 0.673. The van der Waals surface area contributed by atoms with Crippen LogP contribution in [0.15, 0.2) is 12.3 Å². The zero-order valence-corrected chi connectivity index (χ0v) is 12.0. The molecule has 5 heteroatoms. The normalized spacial score (nSPS) is 19.5. The SMILES string of the molecule is O=C(c1ccnc(F)c1F)N(CC1CCCCC1)C1CC1. The molecule has 0 bridgehead atoms. The lowest BCUT2D eigenvalue weighted by Gasteiger charge is -2.30. The average Bonchev–Trinajstić information content (AvgIpc) is 3.33. The lowest BCUT2D eigenvalue weighted by Crippen LogP contribution is -2.38. The van der Waals surface area contributed by atoms with Crippen molar-refractivity contribution < 1.29 is 13.6 Å². The second kappa shape index (κ2) is 6.08. The van der Waals surface area contributed by atoms with Gasteiger partial charge in [0, 0.05) is 18.8 Å². The Morgan fingerprint density at radius 1 is 1.19 bits per heavy atom. The number of hydrogen-bond acceptors (Lipinski definition) is 2. The number of rotatable bonds is 4. The molecule has 114 valence electrons. The number of carbonyl (C=O) groups is 1. The maximum absolute atomic E-state index is 13.8. The molecule has 2 aliphatic rings. The second-order valence-corrected chi connectivity index (χ2v) is 6.16. The fraction of sp³-hybridized carbons (Fsp3) is 0.625. The molecular weight excluding hydrogens is 274 g/mol. The van der Waals surface area contributed by atoms with Gasteiger partial charge >= 0.3 is 0 Å². The Morgan fingerprint density at radius 2 is 1.90 bits per heavy atom. The first-order valence-corrected chi connectivity index (χ1v) is 7.78. The molecule has 1 aromatic heterocycles. The van der Waals surface area contributed by atoms with Gasteiger partial charge in [-0.1, -0.05) is 19.3 Å². The minimum atomic E-state index is -1.20. The van der Waals surface area contributed by atoms with Crippen molar-refractivity contribution in [2.24, 2.45) is 5.92 Å². The zero-order valence-electron chi connectivity index (χ0n) is 12.0. The van der Waals surface area contributed by atoms with E-state index in [4.69, 9.17) is 0 Å². The zero-order chi connectivity index (χ0) is 14.8. The molecule has 2 fully saturated rings.